The van der Waals surface area contributed by atoms with Gasteiger partial charge in [0.25, 0.3) is 0 Å². The topological polar surface area (TPSA) is 0 Å². The van der Waals surface area contributed by atoms with Crippen LogP contribution in [0.25, 0.3) is 0 Å². The van der Waals surface area contributed by atoms with Gasteiger partial charge in [0.1, 0.15) is 0 Å². The van der Waals surface area contributed by atoms with Gasteiger partial charge in [0, 0.05) is 8.07 Å². The predicted octanol–water partition coefficient (Wildman–Crippen LogP) is 4.46. The van der Waals surface area contributed by atoms with Crippen molar-refractivity contribution in [1.82, 2.24) is 0 Å². The Morgan fingerprint density at radius 3 is 2.38 bits per heavy atom. The minimum atomic E-state index is -0.839. The van der Waals surface area contributed by atoms with Crippen molar-refractivity contribution in [1.29, 1.82) is 0 Å². The van der Waals surface area contributed by atoms with Crippen molar-refractivity contribution < 1.29 is 0 Å². The summed E-state index contributed by atoms with van der Waals surface area (Å²) >= 11 is 0. The number of hydrogen-bond acceptors (Lipinski definition) is 0. The zero-order valence-corrected chi connectivity index (χ0v) is 10.6. The molecule has 2 unspecified atom stereocenters. The number of hydrogen-bond donors (Lipinski definition) is 0. The molecule has 1 heteroatoms. The Bertz CT molecular complexity index is 176. The maximum Gasteiger partial charge on any atom is 0.0474 e. The highest BCUT2D eigenvalue weighted by atomic mass is 28.3. The summed E-state index contributed by atoms with van der Waals surface area (Å²) in [5.41, 5.74) is 1.08. The van der Waals surface area contributed by atoms with E-state index in [-0.39, 0.29) is 0 Å². The first-order valence-electron chi connectivity index (χ1n) is 5.70. The van der Waals surface area contributed by atoms with E-state index in [4.69, 9.17) is 0 Å². The van der Waals surface area contributed by atoms with Crippen molar-refractivity contribution in [2.75, 3.05) is 0 Å². The maximum atomic E-state index is 2.52. The summed E-state index contributed by atoms with van der Waals surface area (Å²) in [6, 6.07) is 0. The van der Waals surface area contributed by atoms with Crippen LogP contribution >= 0.6 is 0 Å². The van der Waals surface area contributed by atoms with Gasteiger partial charge in [-0.1, -0.05) is 45.1 Å². The van der Waals surface area contributed by atoms with E-state index in [9.17, 15) is 0 Å². The van der Waals surface area contributed by atoms with Gasteiger partial charge in [0.05, 0.1) is 0 Å². The Labute approximate surface area is 84.4 Å². The van der Waals surface area contributed by atoms with Gasteiger partial charge in [-0.2, -0.15) is 0 Å². The van der Waals surface area contributed by atoms with Crippen LogP contribution in [0.5, 0.6) is 0 Å². The molecule has 1 rings (SSSR count). The normalized spacial score (nSPS) is 30.2. The number of rotatable bonds is 3. The Hall–Kier alpha value is -0.0431. The quantitative estimate of drug-likeness (QED) is 0.462. The summed E-state index contributed by atoms with van der Waals surface area (Å²) < 4.78 is 0. The highest BCUT2D eigenvalue weighted by Gasteiger charge is 2.32. The molecule has 13 heavy (non-hydrogen) atoms. The van der Waals surface area contributed by atoms with Crippen molar-refractivity contribution in [3.63, 3.8) is 0 Å². The van der Waals surface area contributed by atoms with Crippen molar-refractivity contribution in [2.45, 2.75) is 57.8 Å². The van der Waals surface area contributed by atoms with Gasteiger partial charge in [0.15, 0.2) is 0 Å². The van der Waals surface area contributed by atoms with Crippen LogP contribution in [0.4, 0.5) is 0 Å². The van der Waals surface area contributed by atoms with Gasteiger partial charge >= 0.3 is 0 Å². The summed E-state index contributed by atoms with van der Waals surface area (Å²) in [6.07, 6.45) is 10.4. The van der Waals surface area contributed by atoms with Crippen LogP contribution in [0.1, 0.15) is 32.6 Å². The summed E-state index contributed by atoms with van der Waals surface area (Å²) in [5.74, 6) is 0.914. The third-order valence-electron chi connectivity index (χ3n) is 3.34. The molecular formula is C12H24Si. The van der Waals surface area contributed by atoms with Gasteiger partial charge in [-0.3, -0.25) is 0 Å². The highest BCUT2D eigenvalue weighted by molar-refractivity contribution is 6.77. The molecule has 0 aromatic heterocycles. The zero-order chi connectivity index (χ0) is 9.90. The van der Waals surface area contributed by atoms with Gasteiger partial charge in [0.2, 0.25) is 0 Å². The average Bonchev–Trinajstić information content (AvgIpc) is 2.47. The van der Waals surface area contributed by atoms with Crippen LogP contribution in [0.2, 0.25) is 25.2 Å². The fourth-order valence-corrected chi connectivity index (χ4v) is 4.35. The van der Waals surface area contributed by atoms with Gasteiger partial charge in [-0.05, 0) is 30.7 Å². The molecule has 0 aliphatic heterocycles. The lowest BCUT2D eigenvalue weighted by atomic mass is 10.1. The molecule has 0 heterocycles. The standard InChI is InChI=1S/C12H24Si/c1-5-6-7-11-8-9-12(10-11)13(2,3)4/h6-7,11-12H,5,8-10H2,1-4H3/b7-6+. The molecule has 1 saturated carbocycles. The second-order valence-electron chi connectivity index (χ2n) is 5.47. The lowest BCUT2D eigenvalue weighted by molar-refractivity contribution is 0.680. The van der Waals surface area contributed by atoms with Crippen molar-refractivity contribution in [3.05, 3.63) is 12.2 Å². The fourth-order valence-electron chi connectivity index (χ4n) is 2.31. The molecule has 0 spiro atoms. The smallest absolute Gasteiger partial charge is 0.0474 e. The molecule has 0 aromatic carbocycles. The lowest BCUT2D eigenvalue weighted by Crippen LogP contribution is -2.26. The summed E-state index contributed by atoms with van der Waals surface area (Å²) in [5, 5.41) is 0. The molecule has 1 fully saturated rings. The zero-order valence-electron chi connectivity index (χ0n) is 9.64. The third-order valence-corrected chi connectivity index (χ3v) is 6.32. The summed E-state index contributed by atoms with van der Waals surface area (Å²) in [4.78, 5) is 0. The molecule has 1 aliphatic carbocycles. The lowest BCUT2D eigenvalue weighted by Gasteiger charge is -2.24. The molecule has 0 aromatic rings. The molecule has 76 valence electrons. The maximum absolute atomic E-state index is 2.52. The van der Waals surface area contributed by atoms with E-state index in [0.717, 1.165) is 11.5 Å². The van der Waals surface area contributed by atoms with E-state index in [1.54, 1.807) is 0 Å². The monoisotopic (exact) mass is 196 g/mol. The van der Waals surface area contributed by atoms with Crippen molar-refractivity contribution in [2.24, 2.45) is 5.92 Å². The molecule has 0 nitrogen and oxygen atoms in total. The van der Waals surface area contributed by atoms with Crippen molar-refractivity contribution in [3.8, 4) is 0 Å². The fraction of sp³-hybridized carbons (Fsp3) is 0.833. The van der Waals surface area contributed by atoms with E-state index in [1.807, 2.05) is 0 Å². The predicted molar refractivity (Wildman–Crippen MR) is 63.9 cm³/mol. The third kappa shape index (κ3) is 3.30. The molecule has 0 radical (unpaired) electrons. The van der Waals surface area contributed by atoms with Crippen LogP contribution in [0.15, 0.2) is 12.2 Å². The van der Waals surface area contributed by atoms with Crippen LogP contribution < -0.4 is 0 Å². The van der Waals surface area contributed by atoms with E-state index in [0.29, 0.717) is 0 Å². The van der Waals surface area contributed by atoms with Crippen LogP contribution in [0.3, 0.4) is 0 Å². The average molecular weight is 196 g/mol. The highest BCUT2D eigenvalue weighted by Crippen LogP contribution is 2.42. The van der Waals surface area contributed by atoms with Crippen molar-refractivity contribution >= 4 is 8.07 Å². The first kappa shape index (κ1) is 11.0. The Kier molecular flexibility index (Phi) is 3.78. The second-order valence-corrected chi connectivity index (χ2v) is 11.0. The molecule has 2 atom stereocenters. The molecule has 0 bridgehead atoms. The Morgan fingerprint density at radius 2 is 1.92 bits per heavy atom. The second kappa shape index (κ2) is 4.45. The van der Waals surface area contributed by atoms with Crippen LogP contribution in [0, 0.1) is 5.92 Å². The van der Waals surface area contributed by atoms with Crippen LogP contribution in [-0.2, 0) is 0 Å². The Balaban J connectivity index is 2.41. The summed E-state index contributed by atoms with van der Waals surface area (Å²) in [7, 11) is -0.839. The molecule has 0 amide bonds. The number of allylic oxidation sites excluding steroid dienone is 2. The molecular weight excluding hydrogens is 172 g/mol. The van der Waals surface area contributed by atoms with Gasteiger partial charge < -0.3 is 0 Å². The Morgan fingerprint density at radius 1 is 1.23 bits per heavy atom. The molecule has 0 saturated heterocycles. The largest absolute Gasteiger partial charge is 0.0885 e. The van der Waals surface area contributed by atoms with E-state index < -0.39 is 8.07 Å². The molecule has 0 N–H and O–H groups in total. The summed E-state index contributed by atoms with van der Waals surface area (Å²) in [6.45, 7) is 9.78. The van der Waals surface area contributed by atoms with Gasteiger partial charge in [-0.25, -0.2) is 0 Å². The minimum absolute atomic E-state index is 0.839. The van der Waals surface area contributed by atoms with Gasteiger partial charge in [-0.15, -0.1) is 0 Å². The first-order valence-corrected chi connectivity index (χ1v) is 9.28. The van der Waals surface area contributed by atoms with E-state index in [1.165, 1.54) is 25.7 Å². The molecule has 1 aliphatic rings. The minimum Gasteiger partial charge on any atom is -0.0885 e. The first-order chi connectivity index (χ1) is 6.04. The SMILES string of the molecule is CC/C=C/C1CCC([Si](C)(C)C)C1. The van der Waals surface area contributed by atoms with E-state index >= 15 is 0 Å². The van der Waals surface area contributed by atoms with E-state index in [2.05, 4.69) is 38.7 Å². The van der Waals surface area contributed by atoms with Crippen LogP contribution in [-0.4, -0.2) is 8.07 Å².